The molecule has 1 heterocycles. The maximum Gasteiger partial charge on any atom is 0.257 e. The highest BCUT2D eigenvalue weighted by molar-refractivity contribution is 5.97. The minimum atomic E-state index is 0. The van der Waals surface area contributed by atoms with Gasteiger partial charge in [0.05, 0.1) is 12.7 Å². The monoisotopic (exact) mass is 270 g/mol. The smallest absolute Gasteiger partial charge is 0.257 e. The van der Waals surface area contributed by atoms with Gasteiger partial charge in [-0.3, -0.25) is 4.79 Å². The average Bonchev–Trinajstić information content (AvgIpc) is 2.39. The van der Waals surface area contributed by atoms with Gasteiger partial charge >= 0.3 is 0 Å². The predicted octanol–water partition coefficient (Wildman–Crippen LogP) is 1.68. The van der Waals surface area contributed by atoms with Crippen LogP contribution in [-0.4, -0.2) is 37.0 Å². The second-order valence-corrected chi connectivity index (χ2v) is 4.33. The van der Waals surface area contributed by atoms with Crippen LogP contribution >= 0.6 is 12.4 Å². The Bertz CT molecular complexity index is 404. The van der Waals surface area contributed by atoms with Crippen LogP contribution in [0.15, 0.2) is 24.3 Å². The number of piperidine rings is 1. The van der Waals surface area contributed by atoms with Gasteiger partial charge in [0.1, 0.15) is 5.75 Å². The standard InChI is InChI=1S/C13H18N2O2.ClH/c1-17-12-5-3-2-4-11(12)13(16)15-8-6-10(14)7-9-15;/h2-5,10H,6-9,14H2,1H3;1H. The Morgan fingerprint density at radius 3 is 2.56 bits per heavy atom. The Labute approximate surface area is 114 Å². The lowest BCUT2D eigenvalue weighted by molar-refractivity contribution is 0.0711. The average molecular weight is 271 g/mol. The third-order valence-electron chi connectivity index (χ3n) is 3.16. The van der Waals surface area contributed by atoms with E-state index in [2.05, 4.69) is 0 Å². The lowest BCUT2D eigenvalue weighted by Crippen LogP contribution is -2.42. The van der Waals surface area contributed by atoms with Gasteiger partial charge in [-0.2, -0.15) is 0 Å². The number of likely N-dealkylation sites (tertiary alicyclic amines) is 1. The highest BCUT2D eigenvalue weighted by Gasteiger charge is 2.23. The number of halogens is 1. The van der Waals surface area contributed by atoms with E-state index in [-0.39, 0.29) is 24.4 Å². The number of nitrogens with two attached hydrogens (primary N) is 1. The molecule has 1 saturated heterocycles. The molecule has 0 aromatic heterocycles. The topological polar surface area (TPSA) is 55.6 Å². The second kappa shape index (κ2) is 6.61. The molecule has 1 amide bonds. The first kappa shape index (κ1) is 14.8. The first-order chi connectivity index (χ1) is 8.22. The van der Waals surface area contributed by atoms with Crippen LogP contribution in [0.4, 0.5) is 0 Å². The summed E-state index contributed by atoms with van der Waals surface area (Å²) in [5.41, 5.74) is 6.46. The van der Waals surface area contributed by atoms with Crippen molar-refractivity contribution in [1.29, 1.82) is 0 Å². The van der Waals surface area contributed by atoms with Crippen LogP contribution < -0.4 is 10.5 Å². The Balaban J connectivity index is 0.00000162. The van der Waals surface area contributed by atoms with Crippen molar-refractivity contribution in [2.24, 2.45) is 5.73 Å². The van der Waals surface area contributed by atoms with E-state index in [1.807, 2.05) is 23.1 Å². The molecule has 0 aliphatic carbocycles. The fourth-order valence-electron chi connectivity index (χ4n) is 2.09. The number of carbonyl (C=O) groups is 1. The van der Waals surface area contributed by atoms with E-state index in [1.54, 1.807) is 13.2 Å². The summed E-state index contributed by atoms with van der Waals surface area (Å²) in [5.74, 6) is 0.668. The molecule has 18 heavy (non-hydrogen) atoms. The molecule has 100 valence electrons. The van der Waals surface area contributed by atoms with E-state index in [9.17, 15) is 4.79 Å². The largest absolute Gasteiger partial charge is 0.496 e. The first-order valence-electron chi connectivity index (χ1n) is 5.90. The summed E-state index contributed by atoms with van der Waals surface area (Å²) in [5, 5.41) is 0. The predicted molar refractivity (Wildman–Crippen MR) is 73.4 cm³/mol. The Morgan fingerprint density at radius 2 is 1.94 bits per heavy atom. The highest BCUT2D eigenvalue weighted by Crippen LogP contribution is 2.21. The third kappa shape index (κ3) is 3.15. The van der Waals surface area contributed by atoms with E-state index >= 15 is 0 Å². The molecule has 0 atom stereocenters. The summed E-state index contributed by atoms with van der Waals surface area (Å²) in [6, 6.07) is 7.56. The summed E-state index contributed by atoms with van der Waals surface area (Å²) >= 11 is 0. The van der Waals surface area contributed by atoms with Gasteiger partial charge in [-0.25, -0.2) is 0 Å². The molecule has 1 aromatic carbocycles. The summed E-state index contributed by atoms with van der Waals surface area (Å²) < 4.78 is 5.21. The van der Waals surface area contributed by atoms with Gasteiger partial charge in [-0.05, 0) is 25.0 Å². The van der Waals surface area contributed by atoms with E-state index < -0.39 is 0 Å². The number of hydrogen-bond donors (Lipinski definition) is 1. The SMILES string of the molecule is COc1ccccc1C(=O)N1CCC(N)CC1.Cl. The zero-order chi connectivity index (χ0) is 12.3. The van der Waals surface area contributed by atoms with Crippen molar-refractivity contribution in [3.63, 3.8) is 0 Å². The molecular weight excluding hydrogens is 252 g/mol. The Morgan fingerprint density at radius 1 is 1.33 bits per heavy atom. The third-order valence-corrected chi connectivity index (χ3v) is 3.16. The van der Waals surface area contributed by atoms with Crippen molar-refractivity contribution in [2.75, 3.05) is 20.2 Å². The van der Waals surface area contributed by atoms with Crippen LogP contribution in [0.2, 0.25) is 0 Å². The molecule has 0 radical (unpaired) electrons. The Hall–Kier alpha value is -1.26. The van der Waals surface area contributed by atoms with Crippen LogP contribution in [0.1, 0.15) is 23.2 Å². The first-order valence-corrected chi connectivity index (χ1v) is 5.90. The molecule has 4 nitrogen and oxygen atoms in total. The molecule has 0 bridgehead atoms. The molecular formula is C13H19ClN2O2. The van der Waals surface area contributed by atoms with Gasteiger partial charge in [0.2, 0.25) is 0 Å². The highest BCUT2D eigenvalue weighted by atomic mass is 35.5. The molecule has 1 aliphatic heterocycles. The van der Waals surface area contributed by atoms with Crippen LogP contribution in [0.3, 0.4) is 0 Å². The number of benzene rings is 1. The summed E-state index contributed by atoms with van der Waals surface area (Å²) in [6.45, 7) is 1.47. The van der Waals surface area contributed by atoms with Crippen LogP contribution in [0.5, 0.6) is 5.75 Å². The summed E-state index contributed by atoms with van der Waals surface area (Å²) in [6.07, 6.45) is 1.75. The van der Waals surface area contributed by atoms with Crippen LogP contribution in [0.25, 0.3) is 0 Å². The lowest BCUT2D eigenvalue weighted by atomic mass is 10.0. The summed E-state index contributed by atoms with van der Waals surface area (Å²) in [7, 11) is 1.58. The van der Waals surface area contributed by atoms with Gasteiger partial charge in [0.15, 0.2) is 0 Å². The quantitative estimate of drug-likeness (QED) is 0.890. The number of rotatable bonds is 2. The van der Waals surface area contributed by atoms with Gasteiger partial charge in [-0.1, -0.05) is 12.1 Å². The molecule has 1 aromatic rings. The number of carbonyl (C=O) groups excluding carboxylic acids is 1. The molecule has 1 fully saturated rings. The van der Waals surface area contributed by atoms with Crippen molar-refractivity contribution in [1.82, 2.24) is 4.90 Å². The number of amides is 1. The van der Waals surface area contributed by atoms with Crippen molar-refractivity contribution in [3.05, 3.63) is 29.8 Å². The minimum Gasteiger partial charge on any atom is -0.496 e. The fraction of sp³-hybridized carbons (Fsp3) is 0.462. The maximum absolute atomic E-state index is 12.3. The Kier molecular flexibility index (Phi) is 5.44. The van der Waals surface area contributed by atoms with E-state index in [0.717, 1.165) is 25.9 Å². The molecule has 0 unspecified atom stereocenters. The lowest BCUT2D eigenvalue weighted by Gasteiger charge is -2.30. The fourth-order valence-corrected chi connectivity index (χ4v) is 2.09. The van der Waals surface area contributed by atoms with E-state index in [4.69, 9.17) is 10.5 Å². The molecule has 2 rings (SSSR count). The molecule has 5 heteroatoms. The van der Waals surface area contributed by atoms with Gasteiger partial charge in [0.25, 0.3) is 5.91 Å². The number of para-hydroxylation sites is 1. The molecule has 0 spiro atoms. The van der Waals surface area contributed by atoms with E-state index in [1.165, 1.54) is 0 Å². The number of methoxy groups -OCH3 is 1. The zero-order valence-electron chi connectivity index (χ0n) is 10.5. The van der Waals surface area contributed by atoms with Crippen molar-refractivity contribution < 1.29 is 9.53 Å². The number of nitrogens with zero attached hydrogens (tertiary/aromatic N) is 1. The second-order valence-electron chi connectivity index (χ2n) is 4.33. The van der Waals surface area contributed by atoms with Crippen molar-refractivity contribution in [2.45, 2.75) is 18.9 Å². The van der Waals surface area contributed by atoms with Crippen LogP contribution in [-0.2, 0) is 0 Å². The van der Waals surface area contributed by atoms with E-state index in [0.29, 0.717) is 11.3 Å². The molecule has 0 saturated carbocycles. The summed E-state index contributed by atoms with van der Waals surface area (Å²) in [4.78, 5) is 14.1. The molecule has 2 N–H and O–H groups in total. The van der Waals surface area contributed by atoms with Gasteiger partial charge in [-0.15, -0.1) is 12.4 Å². The van der Waals surface area contributed by atoms with Gasteiger partial charge in [0, 0.05) is 19.1 Å². The zero-order valence-corrected chi connectivity index (χ0v) is 11.3. The number of hydrogen-bond acceptors (Lipinski definition) is 3. The van der Waals surface area contributed by atoms with Crippen LogP contribution in [0, 0.1) is 0 Å². The maximum atomic E-state index is 12.3. The van der Waals surface area contributed by atoms with Crippen molar-refractivity contribution >= 4 is 18.3 Å². The van der Waals surface area contributed by atoms with Gasteiger partial charge < -0.3 is 15.4 Å². The van der Waals surface area contributed by atoms with Crippen molar-refractivity contribution in [3.8, 4) is 5.75 Å². The number of ether oxygens (including phenoxy) is 1. The minimum absolute atomic E-state index is 0. The normalized spacial score (nSPS) is 16.0. The molecule has 1 aliphatic rings.